The molecular weight excluding hydrogens is 370 g/mol. The lowest BCUT2D eigenvalue weighted by atomic mass is 10.1. The van der Waals surface area contributed by atoms with Crippen LogP contribution < -0.4 is 0 Å². The first-order valence-corrected chi connectivity index (χ1v) is 8.56. The second-order valence-corrected chi connectivity index (χ2v) is 6.47. The summed E-state index contributed by atoms with van der Waals surface area (Å²) in [5.74, 6) is -0.245. The number of halogens is 1. The zero-order valence-corrected chi connectivity index (χ0v) is 15.4. The van der Waals surface area contributed by atoms with Crippen molar-refractivity contribution in [1.82, 2.24) is 14.6 Å². The average molecular weight is 388 g/mol. The van der Waals surface area contributed by atoms with Crippen molar-refractivity contribution >= 4 is 27.5 Å². The molecule has 0 N–H and O–H groups in total. The summed E-state index contributed by atoms with van der Waals surface area (Å²) in [5.41, 5.74) is 5.25. The van der Waals surface area contributed by atoms with Crippen molar-refractivity contribution in [2.45, 2.75) is 27.2 Å². The van der Waals surface area contributed by atoms with Gasteiger partial charge in [0.1, 0.15) is 0 Å². The highest BCUT2D eigenvalue weighted by molar-refractivity contribution is 9.10. The number of hydrogen-bond acceptors (Lipinski definition) is 4. The van der Waals surface area contributed by atoms with Gasteiger partial charge in [-0.15, -0.1) is 0 Å². The van der Waals surface area contributed by atoms with Crippen LogP contribution in [0.2, 0.25) is 0 Å². The van der Waals surface area contributed by atoms with E-state index in [9.17, 15) is 4.79 Å². The lowest BCUT2D eigenvalue weighted by Gasteiger charge is -2.10. The summed E-state index contributed by atoms with van der Waals surface area (Å²) in [5, 5.41) is 4.65. The molecule has 2 heterocycles. The van der Waals surface area contributed by atoms with Crippen molar-refractivity contribution in [2.75, 3.05) is 6.61 Å². The molecule has 5 nitrogen and oxygen atoms in total. The van der Waals surface area contributed by atoms with Crippen molar-refractivity contribution < 1.29 is 9.53 Å². The summed E-state index contributed by atoms with van der Waals surface area (Å²) in [4.78, 5) is 16.4. The van der Waals surface area contributed by atoms with E-state index in [4.69, 9.17) is 4.74 Å². The van der Waals surface area contributed by atoms with Crippen molar-refractivity contribution in [3.63, 3.8) is 0 Å². The van der Waals surface area contributed by atoms with Gasteiger partial charge in [-0.2, -0.15) is 5.10 Å². The second-order valence-electron chi connectivity index (χ2n) is 5.55. The number of nitrogens with zero attached hydrogens (tertiary/aromatic N) is 3. The number of rotatable bonds is 4. The third-order valence-corrected chi connectivity index (χ3v) is 4.46. The van der Waals surface area contributed by atoms with Gasteiger partial charge in [-0.3, -0.25) is 4.79 Å². The molecule has 0 amide bonds. The zero-order valence-electron chi connectivity index (χ0n) is 13.8. The SMILES string of the molecule is CCOC(=O)Cc1c(C)nc2cc(-c3ccc(Br)cc3)nn2c1C. The number of aromatic nitrogens is 3. The van der Waals surface area contributed by atoms with E-state index in [1.165, 1.54) is 0 Å². The fraction of sp³-hybridized carbons (Fsp3) is 0.278. The minimum absolute atomic E-state index is 0.210. The third-order valence-electron chi connectivity index (χ3n) is 3.93. The first-order chi connectivity index (χ1) is 11.5. The second kappa shape index (κ2) is 6.73. The van der Waals surface area contributed by atoms with E-state index in [0.29, 0.717) is 6.61 Å². The van der Waals surface area contributed by atoms with Crippen LogP contribution in [-0.2, 0) is 16.0 Å². The number of carbonyl (C=O) groups excluding carboxylic acids is 1. The number of benzene rings is 1. The molecule has 0 aliphatic heterocycles. The lowest BCUT2D eigenvalue weighted by Crippen LogP contribution is -2.13. The van der Waals surface area contributed by atoms with E-state index in [2.05, 4.69) is 26.0 Å². The number of carbonyl (C=O) groups is 1. The Balaban J connectivity index is 2.05. The molecule has 0 saturated carbocycles. The van der Waals surface area contributed by atoms with Gasteiger partial charge in [0, 0.05) is 33.1 Å². The fourth-order valence-electron chi connectivity index (χ4n) is 2.70. The third kappa shape index (κ3) is 3.19. The molecule has 1 aromatic carbocycles. The highest BCUT2D eigenvalue weighted by Gasteiger charge is 2.16. The van der Waals surface area contributed by atoms with Crippen LogP contribution in [0.3, 0.4) is 0 Å². The Morgan fingerprint density at radius 3 is 2.62 bits per heavy atom. The highest BCUT2D eigenvalue weighted by atomic mass is 79.9. The topological polar surface area (TPSA) is 56.5 Å². The van der Waals surface area contributed by atoms with Crippen LogP contribution in [-0.4, -0.2) is 27.2 Å². The maximum atomic E-state index is 11.8. The van der Waals surface area contributed by atoms with Crippen molar-refractivity contribution in [1.29, 1.82) is 0 Å². The van der Waals surface area contributed by atoms with Crippen LogP contribution in [0.1, 0.15) is 23.9 Å². The molecular formula is C18H18BrN3O2. The largest absolute Gasteiger partial charge is 0.466 e. The van der Waals surface area contributed by atoms with E-state index in [1.807, 2.05) is 44.2 Å². The van der Waals surface area contributed by atoms with Gasteiger partial charge in [0.2, 0.25) is 0 Å². The summed E-state index contributed by atoms with van der Waals surface area (Å²) in [7, 11) is 0. The Morgan fingerprint density at radius 2 is 1.96 bits per heavy atom. The van der Waals surface area contributed by atoms with Crippen LogP contribution in [0.5, 0.6) is 0 Å². The van der Waals surface area contributed by atoms with E-state index in [1.54, 1.807) is 11.4 Å². The number of hydrogen-bond donors (Lipinski definition) is 0. The minimum Gasteiger partial charge on any atom is -0.466 e. The van der Waals surface area contributed by atoms with Gasteiger partial charge in [0.15, 0.2) is 5.65 Å². The molecule has 0 aliphatic carbocycles. The summed E-state index contributed by atoms with van der Waals surface area (Å²) in [6, 6.07) is 9.94. The Hall–Kier alpha value is -2.21. The number of esters is 1. The molecule has 0 saturated heterocycles. The van der Waals surface area contributed by atoms with Gasteiger partial charge in [-0.05, 0) is 32.9 Å². The standard InChI is InChI=1S/C18H18BrN3O2/c1-4-24-18(23)9-15-11(2)20-17-10-16(21-22(17)12(15)3)13-5-7-14(19)8-6-13/h5-8,10H,4,9H2,1-3H3. The smallest absolute Gasteiger partial charge is 0.310 e. The van der Waals surface area contributed by atoms with Gasteiger partial charge in [-0.25, -0.2) is 9.50 Å². The van der Waals surface area contributed by atoms with E-state index in [-0.39, 0.29) is 12.4 Å². The Labute approximate surface area is 148 Å². The normalized spacial score (nSPS) is 11.0. The van der Waals surface area contributed by atoms with Crippen LogP contribution in [0.4, 0.5) is 0 Å². The zero-order chi connectivity index (χ0) is 17.3. The first kappa shape index (κ1) is 16.6. The summed E-state index contributed by atoms with van der Waals surface area (Å²) >= 11 is 3.44. The molecule has 0 atom stereocenters. The highest BCUT2D eigenvalue weighted by Crippen LogP contribution is 2.23. The molecule has 124 valence electrons. The number of aryl methyl sites for hydroxylation is 2. The maximum absolute atomic E-state index is 11.8. The molecule has 6 heteroatoms. The van der Waals surface area contributed by atoms with E-state index in [0.717, 1.165) is 38.3 Å². The molecule has 3 rings (SSSR count). The molecule has 0 bridgehead atoms. The first-order valence-electron chi connectivity index (χ1n) is 7.77. The van der Waals surface area contributed by atoms with Crippen LogP contribution in [0.25, 0.3) is 16.9 Å². The molecule has 0 fully saturated rings. The predicted molar refractivity (Wildman–Crippen MR) is 95.9 cm³/mol. The van der Waals surface area contributed by atoms with Crippen LogP contribution >= 0.6 is 15.9 Å². The minimum atomic E-state index is -0.245. The maximum Gasteiger partial charge on any atom is 0.310 e. The molecule has 0 unspecified atom stereocenters. The number of fused-ring (bicyclic) bond motifs is 1. The molecule has 0 spiro atoms. The quantitative estimate of drug-likeness (QED) is 0.637. The molecule has 24 heavy (non-hydrogen) atoms. The summed E-state index contributed by atoms with van der Waals surface area (Å²) in [6.45, 7) is 6.04. The molecule has 0 radical (unpaired) electrons. The van der Waals surface area contributed by atoms with Gasteiger partial charge in [0.05, 0.1) is 18.7 Å². The van der Waals surface area contributed by atoms with Gasteiger partial charge >= 0.3 is 5.97 Å². The molecule has 2 aromatic heterocycles. The van der Waals surface area contributed by atoms with Crippen LogP contribution in [0, 0.1) is 13.8 Å². The monoisotopic (exact) mass is 387 g/mol. The fourth-order valence-corrected chi connectivity index (χ4v) is 2.96. The van der Waals surface area contributed by atoms with Crippen molar-refractivity contribution in [3.05, 3.63) is 51.8 Å². The Bertz CT molecular complexity index is 901. The average Bonchev–Trinajstić information content (AvgIpc) is 2.96. The van der Waals surface area contributed by atoms with Gasteiger partial charge in [0.25, 0.3) is 0 Å². The van der Waals surface area contributed by atoms with Gasteiger partial charge in [-0.1, -0.05) is 28.1 Å². The Kier molecular flexibility index (Phi) is 4.66. The summed E-state index contributed by atoms with van der Waals surface area (Å²) < 4.78 is 7.87. The number of ether oxygens (including phenoxy) is 1. The predicted octanol–water partition coefficient (Wildman–Crippen LogP) is 3.88. The molecule has 3 aromatic rings. The van der Waals surface area contributed by atoms with Crippen LogP contribution in [0.15, 0.2) is 34.8 Å². The summed E-state index contributed by atoms with van der Waals surface area (Å²) in [6.07, 6.45) is 0.210. The molecule has 0 aliphatic rings. The van der Waals surface area contributed by atoms with Gasteiger partial charge < -0.3 is 4.74 Å². The van der Waals surface area contributed by atoms with Crippen molar-refractivity contribution in [2.24, 2.45) is 0 Å². The van der Waals surface area contributed by atoms with E-state index < -0.39 is 0 Å². The van der Waals surface area contributed by atoms with E-state index >= 15 is 0 Å². The lowest BCUT2D eigenvalue weighted by molar-refractivity contribution is -0.142. The Morgan fingerprint density at radius 1 is 1.25 bits per heavy atom. The van der Waals surface area contributed by atoms with Crippen molar-refractivity contribution in [3.8, 4) is 11.3 Å².